The van der Waals surface area contributed by atoms with E-state index in [1.54, 1.807) is 0 Å². The summed E-state index contributed by atoms with van der Waals surface area (Å²) in [4.78, 5) is 30.7. The Morgan fingerprint density at radius 3 is 2.76 bits per heavy atom. The standard InChI is InChI=1S/C20H26N2O3/c1-2-3-4-9-19(23)25-22-18-8-6-5-7-16(18)14-17(20(22)24)15-10-12-21-13-11-15/h5-8,14-15,21H,2-4,9-13H2,1H3. The minimum atomic E-state index is -0.344. The van der Waals surface area contributed by atoms with Gasteiger partial charge in [0.15, 0.2) is 0 Å². The number of unbranched alkanes of at least 4 members (excludes halogenated alkanes) is 2. The Bertz CT molecular complexity index is 791. The van der Waals surface area contributed by atoms with Crippen LogP contribution in [0, 0.1) is 0 Å². The summed E-state index contributed by atoms with van der Waals surface area (Å²) in [5.41, 5.74) is 1.20. The lowest BCUT2D eigenvalue weighted by Crippen LogP contribution is -2.36. The topological polar surface area (TPSA) is 60.3 Å². The molecule has 1 fully saturated rings. The first-order chi connectivity index (χ1) is 12.2. The summed E-state index contributed by atoms with van der Waals surface area (Å²) in [5, 5.41) is 4.25. The number of benzene rings is 1. The molecule has 1 aliphatic heterocycles. The molecule has 0 radical (unpaired) electrons. The number of nitrogens with zero attached hydrogens (tertiary/aromatic N) is 1. The highest BCUT2D eigenvalue weighted by Gasteiger charge is 2.22. The number of fused-ring (bicyclic) bond motifs is 1. The van der Waals surface area contributed by atoms with Crippen LogP contribution in [0.15, 0.2) is 35.1 Å². The van der Waals surface area contributed by atoms with Crippen molar-refractivity contribution in [1.29, 1.82) is 0 Å². The molecule has 2 aromatic rings. The molecule has 0 spiro atoms. The van der Waals surface area contributed by atoms with Crippen molar-refractivity contribution >= 4 is 16.9 Å². The van der Waals surface area contributed by atoms with Crippen molar-refractivity contribution in [1.82, 2.24) is 10.0 Å². The molecule has 2 heterocycles. The maximum Gasteiger partial charge on any atom is 0.333 e. The molecule has 0 unspecified atom stereocenters. The molecule has 25 heavy (non-hydrogen) atoms. The van der Waals surface area contributed by atoms with Crippen LogP contribution >= 0.6 is 0 Å². The minimum Gasteiger partial charge on any atom is -0.333 e. The fourth-order valence-corrected chi connectivity index (χ4v) is 3.43. The van der Waals surface area contributed by atoms with Gasteiger partial charge in [-0.05, 0) is 50.4 Å². The highest BCUT2D eigenvalue weighted by Crippen LogP contribution is 2.25. The number of para-hydroxylation sites is 1. The summed E-state index contributed by atoms with van der Waals surface area (Å²) >= 11 is 0. The summed E-state index contributed by atoms with van der Waals surface area (Å²) in [6.07, 6.45) is 5.01. The van der Waals surface area contributed by atoms with E-state index in [4.69, 9.17) is 4.84 Å². The van der Waals surface area contributed by atoms with Crippen molar-refractivity contribution in [3.63, 3.8) is 0 Å². The van der Waals surface area contributed by atoms with Gasteiger partial charge in [-0.1, -0.05) is 38.0 Å². The Morgan fingerprint density at radius 2 is 2.00 bits per heavy atom. The van der Waals surface area contributed by atoms with Crippen LogP contribution in [-0.4, -0.2) is 23.8 Å². The van der Waals surface area contributed by atoms with Gasteiger partial charge < -0.3 is 10.2 Å². The number of hydrogen-bond acceptors (Lipinski definition) is 4. The van der Waals surface area contributed by atoms with Crippen LogP contribution < -0.4 is 15.7 Å². The van der Waals surface area contributed by atoms with Gasteiger partial charge in [-0.3, -0.25) is 4.79 Å². The van der Waals surface area contributed by atoms with E-state index < -0.39 is 0 Å². The fourth-order valence-electron chi connectivity index (χ4n) is 3.43. The number of carbonyl (C=O) groups is 1. The monoisotopic (exact) mass is 342 g/mol. The molecule has 1 aliphatic rings. The lowest BCUT2D eigenvalue weighted by molar-refractivity contribution is -0.144. The molecule has 1 N–H and O–H groups in total. The third-order valence-electron chi connectivity index (χ3n) is 4.85. The first kappa shape index (κ1) is 17.7. The van der Waals surface area contributed by atoms with Crippen LogP contribution in [0.5, 0.6) is 0 Å². The lowest BCUT2D eigenvalue weighted by atomic mass is 9.90. The zero-order valence-corrected chi connectivity index (χ0v) is 14.8. The van der Waals surface area contributed by atoms with E-state index in [-0.39, 0.29) is 17.4 Å². The van der Waals surface area contributed by atoms with Crippen molar-refractivity contribution < 1.29 is 9.63 Å². The highest BCUT2D eigenvalue weighted by molar-refractivity contribution is 5.80. The zero-order chi connectivity index (χ0) is 17.6. The third-order valence-corrected chi connectivity index (χ3v) is 4.85. The smallest absolute Gasteiger partial charge is 0.333 e. The van der Waals surface area contributed by atoms with Gasteiger partial charge in [0.1, 0.15) is 0 Å². The number of aromatic nitrogens is 1. The van der Waals surface area contributed by atoms with Crippen LogP contribution in [0.2, 0.25) is 0 Å². The molecular weight excluding hydrogens is 316 g/mol. The molecule has 3 rings (SSSR count). The molecule has 1 saturated heterocycles. The van der Waals surface area contributed by atoms with Crippen LogP contribution in [0.3, 0.4) is 0 Å². The second-order valence-electron chi connectivity index (χ2n) is 6.70. The van der Waals surface area contributed by atoms with Crippen LogP contribution in [-0.2, 0) is 4.79 Å². The summed E-state index contributed by atoms with van der Waals surface area (Å²) in [6, 6.07) is 9.54. The Hall–Kier alpha value is -2.14. The van der Waals surface area contributed by atoms with Gasteiger partial charge in [-0.15, -0.1) is 4.73 Å². The molecular formula is C20H26N2O3. The van der Waals surface area contributed by atoms with Crippen molar-refractivity contribution in [2.75, 3.05) is 13.1 Å². The minimum absolute atomic E-state index is 0.200. The van der Waals surface area contributed by atoms with Gasteiger partial charge in [0, 0.05) is 17.4 Å². The Labute approximate surface area is 147 Å². The van der Waals surface area contributed by atoms with E-state index in [1.165, 1.54) is 4.73 Å². The molecule has 0 aliphatic carbocycles. The molecule has 0 bridgehead atoms. The van der Waals surface area contributed by atoms with Gasteiger partial charge in [0.05, 0.1) is 5.52 Å². The molecule has 5 heteroatoms. The van der Waals surface area contributed by atoms with E-state index in [2.05, 4.69) is 12.2 Å². The average Bonchev–Trinajstić information content (AvgIpc) is 2.65. The Morgan fingerprint density at radius 1 is 1.24 bits per heavy atom. The Kier molecular flexibility index (Phi) is 5.87. The number of nitrogens with one attached hydrogen (secondary N) is 1. The number of carbonyl (C=O) groups excluding carboxylic acids is 1. The summed E-state index contributed by atoms with van der Waals surface area (Å²) in [5.74, 6) is -0.133. The van der Waals surface area contributed by atoms with Crippen molar-refractivity contribution in [3.8, 4) is 0 Å². The number of hydrogen-bond donors (Lipinski definition) is 1. The fraction of sp³-hybridized carbons (Fsp3) is 0.500. The predicted octanol–water partition coefficient (Wildman–Crippen LogP) is 3.00. The van der Waals surface area contributed by atoms with Crippen molar-refractivity contribution in [2.45, 2.75) is 51.4 Å². The quantitative estimate of drug-likeness (QED) is 0.820. The second-order valence-corrected chi connectivity index (χ2v) is 6.70. The third kappa shape index (κ3) is 4.10. The van der Waals surface area contributed by atoms with Crippen LogP contribution in [0.1, 0.15) is 56.9 Å². The van der Waals surface area contributed by atoms with Gasteiger partial charge in [0.25, 0.3) is 5.56 Å². The van der Waals surface area contributed by atoms with E-state index in [1.807, 2.05) is 30.3 Å². The summed E-state index contributed by atoms with van der Waals surface area (Å²) in [7, 11) is 0. The molecule has 5 nitrogen and oxygen atoms in total. The maximum absolute atomic E-state index is 13.0. The predicted molar refractivity (Wildman–Crippen MR) is 98.8 cm³/mol. The van der Waals surface area contributed by atoms with Gasteiger partial charge in [-0.25, -0.2) is 4.79 Å². The number of piperidine rings is 1. The molecule has 0 amide bonds. The van der Waals surface area contributed by atoms with E-state index in [9.17, 15) is 9.59 Å². The second kappa shape index (κ2) is 8.30. The number of pyridine rings is 1. The van der Waals surface area contributed by atoms with Gasteiger partial charge in [-0.2, -0.15) is 0 Å². The lowest BCUT2D eigenvalue weighted by Gasteiger charge is -2.23. The van der Waals surface area contributed by atoms with E-state index in [0.717, 1.165) is 56.1 Å². The normalized spacial score (nSPS) is 15.4. The zero-order valence-electron chi connectivity index (χ0n) is 14.8. The molecule has 0 atom stereocenters. The van der Waals surface area contributed by atoms with E-state index in [0.29, 0.717) is 11.9 Å². The van der Waals surface area contributed by atoms with Crippen LogP contribution in [0.25, 0.3) is 10.9 Å². The number of rotatable bonds is 6. The molecule has 0 saturated carbocycles. The summed E-state index contributed by atoms with van der Waals surface area (Å²) < 4.78 is 1.21. The van der Waals surface area contributed by atoms with Crippen molar-refractivity contribution in [3.05, 3.63) is 46.2 Å². The van der Waals surface area contributed by atoms with Crippen molar-refractivity contribution in [2.24, 2.45) is 0 Å². The largest absolute Gasteiger partial charge is 0.333 e. The van der Waals surface area contributed by atoms with Gasteiger partial charge >= 0.3 is 5.97 Å². The SMILES string of the molecule is CCCCCC(=O)On1c(=O)c(C2CCNCC2)cc2ccccc21. The molecule has 1 aromatic carbocycles. The first-order valence-electron chi connectivity index (χ1n) is 9.27. The summed E-state index contributed by atoms with van der Waals surface area (Å²) in [6.45, 7) is 3.91. The van der Waals surface area contributed by atoms with E-state index >= 15 is 0 Å². The molecule has 1 aromatic heterocycles. The van der Waals surface area contributed by atoms with Crippen LogP contribution in [0.4, 0.5) is 0 Å². The Balaban J connectivity index is 1.95. The maximum atomic E-state index is 13.0. The first-order valence-corrected chi connectivity index (χ1v) is 9.27. The average molecular weight is 342 g/mol. The highest BCUT2D eigenvalue weighted by atomic mass is 16.7. The van der Waals surface area contributed by atoms with Gasteiger partial charge in [0.2, 0.25) is 0 Å². The molecule has 134 valence electrons.